The second-order valence-electron chi connectivity index (χ2n) is 11.1. The lowest BCUT2D eigenvalue weighted by atomic mass is 9.84. The number of carbonyl (C=O) groups is 1. The molecule has 9 heteroatoms. The molecule has 1 N–H and O–H groups in total. The summed E-state index contributed by atoms with van der Waals surface area (Å²) in [6.07, 6.45) is 0.594. The van der Waals surface area contributed by atoms with Gasteiger partial charge >= 0.3 is 0 Å². The molecule has 1 amide bonds. The molecule has 38 heavy (non-hydrogen) atoms. The van der Waals surface area contributed by atoms with Gasteiger partial charge < -0.3 is 14.5 Å². The summed E-state index contributed by atoms with van der Waals surface area (Å²) in [6, 6.07) is 10.3. The molecule has 0 radical (unpaired) electrons. The van der Waals surface area contributed by atoms with Crippen molar-refractivity contribution in [3.63, 3.8) is 0 Å². The standard InChI is InChI=1S/C29H37N5O3S/c1-7-34-29(6,21-10-8-20(9-11-21)27-19(5)30-16-38-27)14-23(31-34)24-13-22(35)15-33(24)28(36)26(17(2)3)25-12-18(4)32-37-25/h8-12,16-17,22,24,26,35H,7,13-15H2,1-6H3. The van der Waals surface area contributed by atoms with Gasteiger partial charge in [0.25, 0.3) is 0 Å². The highest BCUT2D eigenvalue weighted by molar-refractivity contribution is 7.13. The van der Waals surface area contributed by atoms with Gasteiger partial charge in [-0.1, -0.05) is 43.3 Å². The van der Waals surface area contributed by atoms with Gasteiger partial charge in [0.05, 0.1) is 45.2 Å². The molecule has 2 aliphatic heterocycles. The number of β-amino-alcohol motifs (C(OH)–C–C–N with tert-alkyl or cyclic N) is 1. The summed E-state index contributed by atoms with van der Waals surface area (Å²) in [5, 5.41) is 21.9. The normalized spacial score (nSPS) is 24.4. The fourth-order valence-electron chi connectivity index (χ4n) is 5.98. The molecule has 0 aliphatic carbocycles. The number of hydrazone groups is 1. The average Bonchev–Trinajstić information content (AvgIpc) is 3.66. The van der Waals surface area contributed by atoms with Gasteiger partial charge in [-0.05, 0) is 44.7 Å². The molecule has 4 unspecified atom stereocenters. The monoisotopic (exact) mass is 535 g/mol. The van der Waals surface area contributed by atoms with E-state index in [1.807, 2.05) is 44.2 Å². The van der Waals surface area contributed by atoms with Gasteiger partial charge in [-0.15, -0.1) is 11.3 Å². The van der Waals surface area contributed by atoms with Crippen LogP contribution in [0.4, 0.5) is 0 Å². The summed E-state index contributed by atoms with van der Waals surface area (Å²) < 4.78 is 5.52. The van der Waals surface area contributed by atoms with E-state index < -0.39 is 12.0 Å². The maximum atomic E-state index is 13.9. The zero-order valence-electron chi connectivity index (χ0n) is 23.0. The van der Waals surface area contributed by atoms with E-state index in [2.05, 4.69) is 53.3 Å². The molecule has 1 aromatic carbocycles. The predicted octanol–water partition coefficient (Wildman–Crippen LogP) is 5.11. The number of aliphatic hydroxyl groups excluding tert-OH is 1. The Morgan fingerprint density at radius 1 is 1.26 bits per heavy atom. The van der Waals surface area contributed by atoms with Gasteiger partial charge in [0.2, 0.25) is 5.91 Å². The van der Waals surface area contributed by atoms with Crippen molar-refractivity contribution in [1.29, 1.82) is 0 Å². The van der Waals surface area contributed by atoms with Crippen LogP contribution in [0.1, 0.15) is 69.2 Å². The van der Waals surface area contributed by atoms with E-state index in [1.165, 1.54) is 10.4 Å². The minimum absolute atomic E-state index is 0.0249. The lowest BCUT2D eigenvalue weighted by Gasteiger charge is -2.34. The van der Waals surface area contributed by atoms with Crippen molar-refractivity contribution in [2.24, 2.45) is 11.0 Å². The summed E-state index contributed by atoms with van der Waals surface area (Å²) in [5.74, 6) is 0.105. The Kier molecular flexibility index (Phi) is 7.17. The largest absolute Gasteiger partial charge is 0.391 e. The third kappa shape index (κ3) is 4.66. The fraction of sp³-hybridized carbons (Fsp3) is 0.517. The minimum atomic E-state index is -0.584. The molecule has 5 rings (SSSR count). The van der Waals surface area contributed by atoms with Gasteiger partial charge in [0, 0.05) is 32.0 Å². The summed E-state index contributed by atoms with van der Waals surface area (Å²) in [6.45, 7) is 13.3. The summed E-state index contributed by atoms with van der Waals surface area (Å²) in [5.41, 5.74) is 6.62. The number of aryl methyl sites for hydroxylation is 2. The van der Waals surface area contributed by atoms with Crippen LogP contribution in [0.3, 0.4) is 0 Å². The molecule has 202 valence electrons. The molecule has 1 saturated heterocycles. The van der Waals surface area contributed by atoms with E-state index in [9.17, 15) is 9.90 Å². The Labute approximate surface area is 228 Å². The number of likely N-dealkylation sites (tertiary alicyclic amines) is 1. The van der Waals surface area contributed by atoms with Crippen molar-refractivity contribution in [3.05, 3.63) is 58.6 Å². The highest BCUT2D eigenvalue weighted by Gasteiger charge is 2.47. The Balaban J connectivity index is 1.41. The number of amides is 1. The molecular formula is C29H37N5O3S. The lowest BCUT2D eigenvalue weighted by Crippen LogP contribution is -2.44. The van der Waals surface area contributed by atoms with Crippen LogP contribution in [0.5, 0.6) is 0 Å². The van der Waals surface area contributed by atoms with Crippen LogP contribution in [0, 0.1) is 19.8 Å². The number of aliphatic hydroxyl groups is 1. The number of thiazole rings is 1. The molecule has 0 saturated carbocycles. The molecule has 4 atom stereocenters. The number of carbonyl (C=O) groups excluding carboxylic acids is 1. The van der Waals surface area contributed by atoms with Crippen molar-refractivity contribution in [2.75, 3.05) is 13.1 Å². The van der Waals surface area contributed by atoms with Crippen molar-refractivity contribution in [3.8, 4) is 10.4 Å². The Hall–Kier alpha value is -3.04. The van der Waals surface area contributed by atoms with Crippen LogP contribution in [-0.4, -0.2) is 62.0 Å². The zero-order valence-corrected chi connectivity index (χ0v) is 23.8. The second kappa shape index (κ2) is 10.3. The molecule has 2 aromatic heterocycles. The lowest BCUT2D eigenvalue weighted by molar-refractivity contribution is -0.134. The molecule has 3 aromatic rings. The van der Waals surface area contributed by atoms with Crippen molar-refractivity contribution < 1.29 is 14.4 Å². The first kappa shape index (κ1) is 26.6. The summed E-state index contributed by atoms with van der Waals surface area (Å²) >= 11 is 1.65. The highest BCUT2D eigenvalue weighted by Crippen LogP contribution is 2.41. The van der Waals surface area contributed by atoms with E-state index in [0.29, 0.717) is 25.1 Å². The van der Waals surface area contributed by atoms with Crippen LogP contribution in [-0.2, 0) is 10.3 Å². The third-order valence-corrected chi connectivity index (χ3v) is 8.97. The molecule has 1 fully saturated rings. The van der Waals surface area contributed by atoms with E-state index >= 15 is 0 Å². The number of rotatable bonds is 7. The Morgan fingerprint density at radius 3 is 2.58 bits per heavy atom. The van der Waals surface area contributed by atoms with Crippen LogP contribution in [0.15, 0.2) is 45.5 Å². The third-order valence-electron chi connectivity index (χ3n) is 7.99. The quantitative estimate of drug-likeness (QED) is 0.452. The Morgan fingerprint density at radius 2 is 2.00 bits per heavy atom. The van der Waals surface area contributed by atoms with Crippen LogP contribution in [0.2, 0.25) is 0 Å². The molecule has 4 heterocycles. The molecule has 0 bridgehead atoms. The van der Waals surface area contributed by atoms with Crippen LogP contribution in [0.25, 0.3) is 10.4 Å². The van der Waals surface area contributed by atoms with Gasteiger partial charge in [0.1, 0.15) is 11.7 Å². The minimum Gasteiger partial charge on any atom is -0.391 e. The molecule has 0 spiro atoms. The second-order valence-corrected chi connectivity index (χ2v) is 11.9. The van der Waals surface area contributed by atoms with Crippen molar-refractivity contribution >= 4 is 23.0 Å². The number of aromatic nitrogens is 2. The number of hydrogen-bond donors (Lipinski definition) is 1. The van der Waals surface area contributed by atoms with E-state index in [-0.39, 0.29) is 23.4 Å². The number of benzene rings is 1. The van der Waals surface area contributed by atoms with E-state index in [1.54, 1.807) is 11.3 Å². The first-order valence-corrected chi connectivity index (χ1v) is 14.3. The SMILES string of the molecule is CCN1N=C(C2CC(O)CN2C(=O)C(c2cc(C)no2)C(C)C)CC1(C)c1ccc(-c2scnc2C)cc1. The predicted molar refractivity (Wildman–Crippen MR) is 149 cm³/mol. The number of hydrogen-bond acceptors (Lipinski definition) is 8. The topological polar surface area (TPSA) is 95.1 Å². The average molecular weight is 536 g/mol. The van der Waals surface area contributed by atoms with Crippen LogP contribution < -0.4 is 0 Å². The molecular weight excluding hydrogens is 498 g/mol. The fourth-order valence-corrected chi connectivity index (χ4v) is 6.79. The summed E-state index contributed by atoms with van der Waals surface area (Å²) in [7, 11) is 0. The molecule has 8 nitrogen and oxygen atoms in total. The first-order chi connectivity index (χ1) is 18.1. The number of nitrogens with zero attached hydrogens (tertiary/aromatic N) is 5. The molecule has 2 aliphatic rings. The zero-order chi connectivity index (χ0) is 27.2. The van der Waals surface area contributed by atoms with E-state index in [0.717, 1.165) is 29.2 Å². The maximum Gasteiger partial charge on any atom is 0.234 e. The maximum absolute atomic E-state index is 13.9. The summed E-state index contributed by atoms with van der Waals surface area (Å²) in [4.78, 5) is 21.3. The van der Waals surface area contributed by atoms with E-state index in [4.69, 9.17) is 9.62 Å². The van der Waals surface area contributed by atoms with Gasteiger partial charge in [-0.2, -0.15) is 5.10 Å². The van der Waals surface area contributed by atoms with Crippen LogP contribution >= 0.6 is 11.3 Å². The van der Waals surface area contributed by atoms with Gasteiger partial charge in [0.15, 0.2) is 0 Å². The first-order valence-electron chi connectivity index (χ1n) is 13.4. The van der Waals surface area contributed by atoms with Gasteiger partial charge in [-0.3, -0.25) is 9.80 Å². The van der Waals surface area contributed by atoms with Crippen molar-refractivity contribution in [2.45, 2.75) is 78.0 Å². The Bertz CT molecular complexity index is 1330. The smallest absolute Gasteiger partial charge is 0.234 e. The van der Waals surface area contributed by atoms with Crippen molar-refractivity contribution in [1.82, 2.24) is 20.0 Å². The highest BCUT2D eigenvalue weighted by atomic mass is 32.1. The van der Waals surface area contributed by atoms with Gasteiger partial charge in [-0.25, -0.2) is 4.98 Å².